The molecule has 1 aromatic heterocycles. The third-order valence-corrected chi connectivity index (χ3v) is 3.47. The van der Waals surface area contributed by atoms with Crippen LogP contribution in [0.2, 0.25) is 0 Å². The molecule has 0 aliphatic rings. The van der Waals surface area contributed by atoms with Crippen LogP contribution >= 0.6 is 0 Å². The number of hydrogen-bond donors (Lipinski definition) is 4. The van der Waals surface area contributed by atoms with Crippen LogP contribution in [0.1, 0.15) is 36.8 Å². The molecule has 0 bridgehead atoms. The van der Waals surface area contributed by atoms with Gasteiger partial charge in [-0.15, -0.1) is 0 Å². The molecular weight excluding hydrogens is 322 g/mol. The molecule has 134 valence electrons. The quantitative estimate of drug-likeness (QED) is 0.502. The van der Waals surface area contributed by atoms with Crippen LogP contribution in [0.15, 0.2) is 24.3 Å². The first kappa shape index (κ1) is 18.3. The summed E-state index contributed by atoms with van der Waals surface area (Å²) in [7, 11) is 1.43. The summed E-state index contributed by atoms with van der Waals surface area (Å²) < 4.78 is 5.22. The topological polar surface area (TPSA) is 124 Å². The minimum Gasteiger partial charge on any atom is -0.444 e. The van der Waals surface area contributed by atoms with E-state index >= 15 is 0 Å². The lowest BCUT2D eigenvalue weighted by molar-refractivity contribution is 0.0523. The van der Waals surface area contributed by atoms with Gasteiger partial charge in [0.15, 0.2) is 5.96 Å². The number of fused-ring (bicyclic) bond motifs is 1. The third-order valence-electron chi connectivity index (χ3n) is 3.47. The second-order valence-corrected chi connectivity index (χ2v) is 6.67. The fourth-order valence-corrected chi connectivity index (χ4v) is 2.26. The summed E-state index contributed by atoms with van der Waals surface area (Å²) in [6.07, 6.45) is -0.507. The van der Waals surface area contributed by atoms with E-state index in [0.717, 1.165) is 21.4 Å². The Bertz CT molecular complexity index is 819. The van der Waals surface area contributed by atoms with Crippen molar-refractivity contribution in [3.63, 3.8) is 0 Å². The Labute approximate surface area is 145 Å². The van der Waals surface area contributed by atoms with Crippen molar-refractivity contribution in [2.24, 2.45) is 5.73 Å². The van der Waals surface area contributed by atoms with Gasteiger partial charge in [-0.2, -0.15) is 0 Å². The number of aromatic nitrogens is 1. The van der Waals surface area contributed by atoms with Crippen LogP contribution < -0.4 is 11.1 Å². The molecule has 0 aliphatic carbocycles. The second kappa shape index (κ2) is 6.84. The minimum atomic E-state index is -0.568. The lowest BCUT2D eigenvalue weighted by Crippen LogP contribution is -2.38. The maximum Gasteiger partial charge on any atom is 0.407 e. The first-order valence-corrected chi connectivity index (χ1v) is 7.78. The normalized spacial score (nSPS) is 11.2. The van der Waals surface area contributed by atoms with Crippen LogP contribution in [0.4, 0.5) is 4.79 Å². The monoisotopic (exact) mass is 345 g/mol. The van der Waals surface area contributed by atoms with Crippen LogP contribution in [0.3, 0.4) is 0 Å². The van der Waals surface area contributed by atoms with Crippen molar-refractivity contribution in [2.75, 3.05) is 7.05 Å². The summed E-state index contributed by atoms with van der Waals surface area (Å²) in [6.45, 7) is 5.65. The highest BCUT2D eigenvalue weighted by molar-refractivity contribution is 6.05. The molecule has 0 saturated heterocycles. The first-order valence-electron chi connectivity index (χ1n) is 7.78. The number of guanidine groups is 1. The number of nitrogens with zero attached hydrogens (tertiary/aromatic N) is 1. The number of hydrogen-bond acceptors (Lipinski definition) is 4. The Morgan fingerprint density at radius 1 is 1.36 bits per heavy atom. The molecule has 0 atom stereocenters. The standard InChI is InChI=1S/C17H23N5O3/c1-17(2,3)25-16(24)20-9-10-6-5-7-12-11(10)8-13(21-12)14(23)22(4)15(18)19/h5-8,21H,9H2,1-4H3,(H3,18,19)(H,20,24). The minimum absolute atomic E-state index is 0.264. The molecule has 0 radical (unpaired) electrons. The molecule has 0 aliphatic heterocycles. The number of H-pyrrole nitrogens is 1. The van der Waals surface area contributed by atoms with Crippen molar-refractivity contribution < 1.29 is 14.3 Å². The van der Waals surface area contributed by atoms with E-state index in [1.54, 1.807) is 26.8 Å². The van der Waals surface area contributed by atoms with Gasteiger partial charge in [-0.25, -0.2) is 4.79 Å². The van der Waals surface area contributed by atoms with Crippen molar-refractivity contribution in [1.82, 2.24) is 15.2 Å². The molecule has 5 N–H and O–H groups in total. The molecule has 0 saturated carbocycles. The number of nitrogens with two attached hydrogens (primary N) is 1. The predicted molar refractivity (Wildman–Crippen MR) is 95.4 cm³/mol. The summed E-state index contributed by atoms with van der Waals surface area (Å²) in [5, 5.41) is 10.9. The number of nitrogens with one attached hydrogen (secondary N) is 3. The maximum atomic E-state index is 12.3. The molecule has 25 heavy (non-hydrogen) atoms. The number of benzene rings is 1. The smallest absolute Gasteiger partial charge is 0.407 e. The van der Waals surface area contributed by atoms with Gasteiger partial charge in [-0.3, -0.25) is 15.1 Å². The van der Waals surface area contributed by atoms with Gasteiger partial charge in [-0.05, 0) is 38.5 Å². The molecule has 1 aromatic carbocycles. The fraction of sp³-hybridized carbons (Fsp3) is 0.353. The molecule has 8 heteroatoms. The number of alkyl carbamates (subject to hydrolysis) is 1. The first-order chi connectivity index (χ1) is 11.6. The summed E-state index contributed by atoms with van der Waals surface area (Å²) in [6, 6.07) is 7.20. The number of carbonyl (C=O) groups excluding carboxylic acids is 2. The Morgan fingerprint density at radius 3 is 2.64 bits per heavy atom. The Kier molecular flexibility index (Phi) is 5.01. The fourth-order valence-electron chi connectivity index (χ4n) is 2.26. The molecule has 0 unspecified atom stereocenters. The summed E-state index contributed by atoms with van der Waals surface area (Å²) >= 11 is 0. The van der Waals surface area contributed by atoms with E-state index < -0.39 is 17.6 Å². The zero-order valence-corrected chi connectivity index (χ0v) is 14.8. The molecule has 8 nitrogen and oxygen atoms in total. The van der Waals surface area contributed by atoms with Gasteiger partial charge >= 0.3 is 6.09 Å². The van der Waals surface area contributed by atoms with E-state index in [1.807, 2.05) is 18.2 Å². The average Bonchev–Trinajstić information content (AvgIpc) is 2.94. The van der Waals surface area contributed by atoms with Gasteiger partial charge in [-0.1, -0.05) is 12.1 Å². The lowest BCUT2D eigenvalue weighted by Gasteiger charge is -2.19. The largest absolute Gasteiger partial charge is 0.444 e. The number of ether oxygens (including phenoxy) is 1. The van der Waals surface area contributed by atoms with Gasteiger partial charge in [0, 0.05) is 24.5 Å². The molecule has 1 heterocycles. The van der Waals surface area contributed by atoms with Crippen LogP contribution in [0, 0.1) is 5.41 Å². The number of amides is 2. The van der Waals surface area contributed by atoms with Crippen molar-refractivity contribution in [3.8, 4) is 0 Å². The highest BCUT2D eigenvalue weighted by atomic mass is 16.6. The maximum absolute atomic E-state index is 12.3. The van der Waals surface area contributed by atoms with E-state index in [9.17, 15) is 9.59 Å². The number of rotatable bonds is 3. The molecule has 2 aromatic rings. The number of carbonyl (C=O) groups is 2. The molecule has 2 rings (SSSR count). The van der Waals surface area contributed by atoms with Gasteiger partial charge < -0.3 is 20.8 Å². The van der Waals surface area contributed by atoms with E-state index in [-0.39, 0.29) is 12.5 Å². The van der Waals surface area contributed by atoms with Crippen LogP contribution in [-0.2, 0) is 11.3 Å². The summed E-state index contributed by atoms with van der Waals surface area (Å²) in [5.41, 5.74) is 6.68. The van der Waals surface area contributed by atoms with Crippen LogP contribution in [-0.4, -0.2) is 40.5 Å². The van der Waals surface area contributed by atoms with Crippen molar-refractivity contribution in [1.29, 1.82) is 5.41 Å². The molecular formula is C17H23N5O3. The van der Waals surface area contributed by atoms with Gasteiger partial charge in [0.1, 0.15) is 11.3 Å². The summed E-state index contributed by atoms with van der Waals surface area (Å²) in [5.74, 6) is -0.745. The Morgan fingerprint density at radius 2 is 2.04 bits per heavy atom. The third kappa shape index (κ3) is 4.50. The van der Waals surface area contributed by atoms with Crippen molar-refractivity contribution >= 4 is 28.9 Å². The van der Waals surface area contributed by atoms with E-state index in [1.165, 1.54) is 7.05 Å². The van der Waals surface area contributed by atoms with E-state index in [0.29, 0.717) is 5.69 Å². The van der Waals surface area contributed by atoms with Gasteiger partial charge in [0.05, 0.1) is 0 Å². The van der Waals surface area contributed by atoms with Gasteiger partial charge in [0.25, 0.3) is 5.91 Å². The zero-order valence-electron chi connectivity index (χ0n) is 14.8. The Balaban J connectivity index is 2.21. The predicted octanol–water partition coefficient (Wildman–Crippen LogP) is 2.16. The Hall–Kier alpha value is -3.03. The molecule has 2 amide bonds. The molecule has 0 fully saturated rings. The highest BCUT2D eigenvalue weighted by Crippen LogP contribution is 2.21. The lowest BCUT2D eigenvalue weighted by atomic mass is 10.1. The van der Waals surface area contributed by atoms with Crippen molar-refractivity contribution in [3.05, 3.63) is 35.5 Å². The SMILES string of the molecule is CN(C(=N)N)C(=O)c1cc2c(CNC(=O)OC(C)(C)C)cccc2[nH]1. The second-order valence-electron chi connectivity index (χ2n) is 6.67. The number of aromatic amines is 1. The average molecular weight is 345 g/mol. The van der Waals surface area contributed by atoms with Crippen molar-refractivity contribution in [2.45, 2.75) is 32.9 Å². The van der Waals surface area contributed by atoms with Crippen LogP contribution in [0.5, 0.6) is 0 Å². The zero-order chi connectivity index (χ0) is 18.8. The highest BCUT2D eigenvalue weighted by Gasteiger charge is 2.18. The van der Waals surface area contributed by atoms with Crippen LogP contribution in [0.25, 0.3) is 10.9 Å². The van der Waals surface area contributed by atoms with E-state index in [4.69, 9.17) is 15.9 Å². The van der Waals surface area contributed by atoms with Gasteiger partial charge in [0.2, 0.25) is 0 Å². The molecule has 0 spiro atoms. The van der Waals surface area contributed by atoms with E-state index in [2.05, 4.69) is 10.3 Å². The summed E-state index contributed by atoms with van der Waals surface area (Å²) in [4.78, 5) is 28.1.